The van der Waals surface area contributed by atoms with E-state index < -0.39 is 0 Å². The summed E-state index contributed by atoms with van der Waals surface area (Å²) in [4.78, 5) is 12.5. The predicted molar refractivity (Wildman–Crippen MR) is 130 cm³/mol. The molecule has 0 N–H and O–H groups in total. The average Bonchev–Trinajstić information content (AvgIpc) is 2.93. The number of benzene rings is 3. The molecule has 0 spiro atoms. The zero-order valence-electron chi connectivity index (χ0n) is 18.3. The Morgan fingerprint density at radius 3 is 2.44 bits per heavy atom. The number of fused-ring (bicyclic) bond motifs is 3. The first-order valence-corrected chi connectivity index (χ1v) is 11.8. The van der Waals surface area contributed by atoms with Crippen molar-refractivity contribution in [3.63, 3.8) is 0 Å². The largest absolute Gasteiger partial charge is 0.493 e. The summed E-state index contributed by atoms with van der Waals surface area (Å²) in [6.07, 6.45) is 0.278. The fraction of sp³-hybridized carbons (Fsp3) is 0.269. The van der Waals surface area contributed by atoms with Gasteiger partial charge in [0.2, 0.25) is 0 Å². The molecule has 0 aliphatic carbocycles. The highest BCUT2D eigenvalue weighted by molar-refractivity contribution is 8.00. The van der Waals surface area contributed by atoms with Crippen LogP contribution in [0.4, 0.5) is 0 Å². The lowest BCUT2D eigenvalue weighted by Gasteiger charge is -2.24. The molecule has 0 saturated carbocycles. The zero-order chi connectivity index (χ0) is 22.7. The van der Waals surface area contributed by atoms with Gasteiger partial charge in [-0.1, -0.05) is 54.1 Å². The van der Waals surface area contributed by atoms with Crippen LogP contribution in [-0.4, -0.2) is 26.8 Å². The van der Waals surface area contributed by atoms with Crippen molar-refractivity contribution in [3.05, 3.63) is 82.4 Å². The summed E-state index contributed by atoms with van der Waals surface area (Å²) in [5.74, 6) is 1.14. The lowest BCUT2D eigenvalue weighted by Crippen LogP contribution is -2.10. The Bertz CT molecular complexity index is 1130. The summed E-state index contributed by atoms with van der Waals surface area (Å²) in [5, 5.41) is 0.440. The van der Waals surface area contributed by atoms with Crippen LogP contribution in [0.3, 0.4) is 0 Å². The molecule has 2 atom stereocenters. The fourth-order valence-corrected chi connectivity index (χ4v) is 5.99. The second-order valence-electron chi connectivity index (χ2n) is 7.42. The van der Waals surface area contributed by atoms with Crippen LogP contribution in [-0.2, 0) is 9.53 Å². The van der Waals surface area contributed by atoms with Crippen molar-refractivity contribution in [1.82, 2.24) is 0 Å². The number of thioether (sulfide) groups is 1. The van der Waals surface area contributed by atoms with Gasteiger partial charge in [0.1, 0.15) is 0 Å². The number of hydrogen-bond acceptors (Lipinski definition) is 5. The van der Waals surface area contributed by atoms with Crippen LogP contribution in [0.15, 0.2) is 60.7 Å². The molecule has 1 aliphatic rings. The normalized spacial score (nSPS) is 17.0. The Morgan fingerprint density at radius 2 is 1.69 bits per heavy atom. The van der Waals surface area contributed by atoms with E-state index in [1.54, 1.807) is 26.0 Å². The number of ether oxygens (including phenoxy) is 3. The third-order valence-electron chi connectivity index (χ3n) is 5.57. The third kappa shape index (κ3) is 4.32. The van der Waals surface area contributed by atoms with Crippen molar-refractivity contribution < 1.29 is 19.0 Å². The molecule has 4 nitrogen and oxygen atoms in total. The van der Waals surface area contributed by atoms with Crippen LogP contribution < -0.4 is 9.47 Å². The predicted octanol–water partition coefficient (Wildman–Crippen LogP) is 6.85. The van der Waals surface area contributed by atoms with Crippen molar-refractivity contribution in [2.24, 2.45) is 0 Å². The van der Waals surface area contributed by atoms with Gasteiger partial charge in [0.15, 0.2) is 11.5 Å². The van der Waals surface area contributed by atoms with Gasteiger partial charge in [-0.15, -0.1) is 11.8 Å². The first-order chi connectivity index (χ1) is 15.6. The minimum Gasteiger partial charge on any atom is -0.493 e. The van der Waals surface area contributed by atoms with Gasteiger partial charge >= 0.3 is 5.97 Å². The number of hydrogen-bond donors (Lipinski definition) is 0. The van der Waals surface area contributed by atoms with Gasteiger partial charge in [-0.2, -0.15) is 0 Å². The van der Waals surface area contributed by atoms with Gasteiger partial charge in [0.25, 0.3) is 0 Å². The van der Waals surface area contributed by atoms with E-state index in [4.69, 9.17) is 25.8 Å². The highest BCUT2D eigenvalue weighted by atomic mass is 35.5. The van der Waals surface area contributed by atoms with E-state index >= 15 is 0 Å². The summed E-state index contributed by atoms with van der Waals surface area (Å²) < 4.78 is 16.6. The van der Waals surface area contributed by atoms with Gasteiger partial charge in [-0.25, -0.2) is 0 Å². The maximum Gasteiger partial charge on any atom is 0.307 e. The summed E-state index contributed by atoms with van der Waals surface area (Å²) in [6.45, 7) is 2.19. The van der Waals surface area contributed by atoms with Crippen molar-refractivity contribution in [3.8, 4) is 22.6 Å². The molecule has 0 amide bonds. The molecule has 0 fully saturated rings. The molecule has 1 aliphatic heterocycles. The number of rotatable bonds is 6. The van der Waals surface area contributed by atoms with E-state index in [0.717, 1.165) is 27.8 Å². The topological polar surface area (TPSA) is 44.8 Å². The Balaban J connectivity index is 1.93. The second kappa shape index (κ2) is 9.88. The van der Waals surface area contributed by atoms with E-state index in [1.807, 2.05) is 49.4 Å². The molecule has 3 aromatic rings. The molecule has 0 aromatic heterocycles. The lowest BCUT2D eigenvalue weighted by molar-refractivity contribution is -0.143. The van der Waals surface area contributed by atoms with Gasteiger partial charge < -0.3 is 14.2 Å². The van der Waals surface area contributed by atoms with Crippen LogP contribution in [0.2, 0.25) is 5.02 Å². The number of methoxy groups -OCH3 is 2. The first-order valence-electron chi connectivity index (χ1n) is 10.5. The molecular formula is C26H25ClO4S. The van der Waals surface area contributed by atoms with E-state index in [0.29, 0.717) is 23.1 Å². The second-order valence-corrected chi connectivity index (χ2v) is 9.16. The Morgan fingerprint density at radius 1 is 0.938 bits per heavy atom. The Kier molecular flexibility index (Phi) is 6.97. The van der Waals surface area contributed by atoms with E-state index in [-0.39, 0.29) is 22.9 Å². The van der Waals surface area contributed by atoms with Crippen molar-refractivity contribution in [1.29, 1.82) is 0 Å². The number of para-hydroxylation sites is 1. The summed E-state index contributed by atoms with van der Waals surface area (Å²) in [6, 6.07) is 20.1. The van der Waals surface area contributed by atoms with Crippen molar-refractivity contribution in [2.75, 3.05) is 20.8 Å². The van der Waals surface area contributed by atoms with Gasteiger partial charge in [-0.3, -0.25) is 4.79 Å². The molecule has 166 valence electrons. The maximum absolute atomic E-state index is 12.5. The summed E-state index contributed by atoms with van der Waals surface area (Å²) >= 11 is 8.17. The number of esters is 1. The summed E-state index contributed by atoms with van der Waals surface area (Å²) in [5.41, 5.74) is 5.36. The average molecular weight is 469 g/mol. The molecule has 4 rings (SSSR count). The van der Waals surface area contributed by atoms with Crippen LogP contribution in [0, 0.1) is 0 Å². The molecule has 32 heavy (non-hydrogen) atoms. The minimum atomic E-state index is -0.208. The van der Waals surface area contributed by atoms with Crippen LogP contribution in [0.25, 0.3) is 11.1 Å². The zero-order valence-corrected chi connectivity index (χ0v) is 19.8. The molecule has 0 radical (unpaired) electrons. The molecule has 3 aromatic carbocycles. The molecule has 0 bridgehead atoms. The van der Waals surface area contributed by atoms with Crippen LogP contribution in [0.1, 0.15) is 40.5 Å². The smallest absolute Gasteiger partial charge is 0.307 e. The standard InChI is InChI=1S/C26H25ClO4S/c1-4-31-24(28)15-23-19-9-6-5-8-17(19)18-13-12-16(27)14-21(18)26(32-23)20-10-7-11-22(29-2)25(20)30-3/h5-14,23,26H,4,15H2,1-3H3. The first kappa shape index (κ1) is 22.6. The number of halogens is 1. The Hall–Kier alpha value is -2.63. The highest BCUT2D eigenvalue weighted by Crippen LogP contribution is 2.56. The van der Waals surface area contributed by atoms with Crippen molar-refractivity contribution >= 4 is 29.3 Å². The van der Waals surface area contributed by atoms with Crippen molar-refractivity contribution in [2.45, 2.75) is 23.8 Å². The minimum absolute atomic E-state index is 0.0997. The van der Waals surface area contributed by atoms with E-state index in [1.165, 1.54) is 0 Å². The Labute approximate surface area is 197 Å². The number of carbonyl (C=O) groups is 1. The monoisotopic (exact) mass is 468 g/mol. The van der Waals surface area contributed by atoms with E-state index in [2.05, 4.69) is 18.2 Å². The van der Waals surface area contributed by atoms with Gasteiger partial charge in [-0.05, 0) is 47.4 Å². The molecule has 0 saturated heterocycles. The highest BCUT2D eigenvalue weighted by Gasteiger charge is 2.33. The lowest BCUT2D eigenvalue weighted by atomic mass is 9.90. The SMILES string of the molecule is CCOC(=O)CC1SC(c2cccc(OC)c2OC)c2cc(Cl)ccc2-c2ccccc21. The van der Waals surface area contributed by atoms with Gasteiger partial charge in [0, 0.05) is 15.8 Å². The molecule has 1 heterocycles. The maximum atomic E-state index is 12.5. The van der Waals surface area contributed by atoms with Gasteiger partial charge in [0.05, 0.1) is 32.5 Å². The molecular weight excluding hydrogens is 444 g/mol. The van der Waals surface area contributed by atoms with Crippen LogP contribution in [0.5, 0.6) is 11.5 Å². The molecule has 6 heteroatoms. The third-order valence-corrected chi connectivity index (χ3v) is 7.33. The summed E-state index contributed by atoms with van der Waals surface area (Å²) in [7, 11) is 3.28. The van der Waals surface area contributed by atoms with Crippen LogP contribution >= 0.6 is 23.4 Å². The quantitative estimate of drug-likeness (QED) is 0.370. The molecule has 2 unspecified atom stereocenters. The van der Waals surface area contributed by atoms with E-state index in [9.17, 15) is 4.79 Å². The number of carbonyl (C=O) groups excluding carboxylic acids is 1. The fourth-order valence-electron chi connectivity index (χ4n) is 4.22.